The van der Waals surface area contributed by atoms with Gasteiger partial charge in [-0.25, -0.2) is 0 Å². The highest BCUT2D eigenvalue weighted by Crippen LogP contribution is 2.23. The van der Waals surface area contributed by atoms with Gasteiger partial charge in [0, 0.05) is 9.86 Å². The molecule has 0 aliphatic carbocycles. The van der Waals surface area contributed by atoms with Gasteiger partial charge in [0.1, 0.15) is 0 Å². The molecule has 0 radical (unpaired) electrons. The highest BCUT2D eigenvalue weighted by Gasteiger charge is 2.18. The molecule has 0 aliphatic rings. The summed E-state index contributed by atoms with van der Waals surface area (Å²) in [7, 11) is 0. The molecule has 0 saturated carbocycles. The molecule has 5 nitrogen and oxygen atoms in total. The molecule has 0 unspecified atom stereocenters. The first kappa shape index (κ1) is 17.2. The number of carbonyl (C=O) groups is 1. The highest BCUT2D eigenvalue weighted by atomic mass is 79.9. The van der Waals surface area contributed by atoms with Crippen LogP contribution in [0, 0.1) is 0 Å². The number of hydrogen-bond acceptors (Lipinski definition) is 3. The molecule has 0 bridgehead atoms. The third-order valence-electron chi connectivity index (χ3n) is 4.14. The Morgan fingerprint density at radius 3 is 2.22 bits per heavy atom. The van der Waals surface area contributed by atoms with Crippen LogP contribution in [0.1, 0.15) is 10.5 Å². The van der Waals surface area contributed by atoms with Crippen molar-refractivity contribution in [3.05, 3.63) is 99.4 Å². The Morgan fingerprint density at radius 1 is 0.852 bits per heavy atom. The molecule has 132 valence electrons. The van der Waals surface area contributed by atoms with Crippen molar-refractivity contribution in [3.8, 4) is 5.69 Å². The van der Waals surface area contributed by atoms with Gasteiger partial charge >= 0.3 is 0 Å². The Balaban J connectivity index is 1.89. The van der Waals surface area contributed by atoms with Gasteiger partial charge in [0.2, 0.25) is 0 Å². The average molecular weight is 420 g/mol. The van der Waals surface area contributed by atoms with Gasteiger partial charge in [0.15, 0.2) is 5.69 Å². The van der Waals surface area contributed by atoms with Gasteiger partial charge in [0.05, 0.1) is 16.8 Å². The summed E-state index contributed by atoms with van der Waals surface area (Å²) < 4.78 is 2.02. The SMILES string of the molecule is O=C(Nc1ccccc1Br)c1nn(-c2ccccc2)c(=O)c2ccccc12. The summed E-state index contributed by atoms with van der Waals surface area (Å²) in [4.78, 5) is 25.8. The molecule has 0 spiro atoms. The van der Waals surface area contributed by atoms with Crippen molar-refractivity contribution in [2.75, 3.05) is 5.32 Å². The number of para-hydroxylation sites is 2. The van der Waals surface area contributed by atoms with Crippen LogP contribution in [0.15, 0.2) is 88.1 Å². The zero-order valence-corrected chi connectivity index (χ0v) is 15.7. The van der Waals surface area contributed by atoms with Crippen LogP contribution >= 0.6 is 15.9 Å². The van der Waals surface area contributed by atoms with E-state index < -0.39 is 0 Å². The lowest BCUT2D eigenvalue weighted by Crippen LogP contribution is -2.26. The van der Waals surface area contributed by atoms with Crippen LogP contribution in [-0.4, -0.2) is 15.7 Å². The molecule has 1 N–H and O–H groups in total. The number of rotatable bonds is 3. The van der Waals surface area contributed by atoms with Crippen LogP contribution in [0.4, 0.5) is 5.69 Å². The zero-order chi connectivity index (χ0) is 18.8. The largest absolute Gasteiger partial charge is 0.320 e. The van der Waals surface area contributed by atoms with Crippen molar-refractivity contribution in [1.29, 1.82) is 0 Å². The van der Waals surface area contributed by atoms with Gasteiger partial charge in [-0.05, 0) is 46.3 Å². The van der Waals surface area contributed by atoms with Crippen LogP contribution in [0.3, 0.4) is 0 Å². The first-order valence-electron chi connectivity index (χ1n) is 8.28. The van der Waals surface area contributed by atoms with E-state index >= 15 is 0 Å². The van der Waals surface area contributed by atoms with Crippen molar-refractivity contribution >= 4 is 38.3 Å². The number of halogens is 1. The molecule has 3 aromatic carbocycles. The first-order chi connectivity index (χ1) is 13.1. The number of carbonyl (C=O) groups excluding carboxylic acids is 1. The summed E-state index contributed by atoms with van der Waals surface area (Å²) in [6.45, 7) is 0. The number of nitrogens with one attached hydrogen (secondary N) is 1. The summed E-state index contributed by atoms with van der Waals surface area (Å²) in [5, 5.41) is 8.18. The molecule has 4 rings (SSSR count). The molecule has 1 aromatic heterocycles. The Kier molecular flexibility index (Phi) is 4.56. The molecule has 0 saturated heterocycles. The Hall–Kier alpha value is -3.25. The number of fused-ring (bicyclic) bond motifs is 1. The Labute approximate surface area is 163 Å². The minimum absolute atomic E-state index is 0.185. The molecule has 0 fully saturated rings. The molecule has 27 heavy (non-hydrogen) atoms. The number of amides is 1. The fourth-order valence-corrected chi connectivity index (χ4v) is 3.23. The summed E-state index contributed by atoms with van der Waals surface area (Å²) in [6, 6.07) is 23.4. The predicted molar refractivity (Wildman–Crippen MR) is 109 cm³/mol. The molecule has 0 aliphatic heterocycles. The van der Waals surface area contributed by atoms with Crippen LogP contribution in [0.25, 0.3) is 16.5 Å². The molecular weight excluding hydrogens is 406 g/mol. The minimum Gasteiger partial charge on any atom is -0.320 e. The van der Waals surface area contributed by atoms with Crippen molar-refractivity contribution in [2.24, 2.45) is 0 Å². The van der Waals surface area contributed by atoms with E-state index in [-0.39, 0.29) is 17.2 Å². The first-order valence-corrected chi connectivity index (χ1v) is 9.08. The summed E-state index contributed by atoms with van der Waals surface area (Å²) in [5.74, 6) is -0.386. The van der Waals surface area contributed by atoms with Crippen molar-refractivity contribution < 1.29 is 4.79 Å². The fourth-order valence-electron chi connectivity index (χ4n) is 2.85. The fraction of sp³-hybridized carbons (Fsp3) is 0. The van der Waals surface area contributed by atoms with E-state index in [1.165, 1.54) is 4.68 Å². The quantitative estimate of drug-likeness (QED) is 0.535. The van der Waals surface area contributed by atoms with E-state index in [1.54, 1.807) is 42.5 Å². The van der Waals surface area contributed by atoms with E-state index in [0.29, 0.717) is 22.1 Å². The summed E-state index contributed by atoms with van der Waals surface area (Å²) >= 11 is 3.42. The normalized spacial score (nSPS) is 10.7. The third kappa shape index (κ3) is 3.27. The van der Waals surface area contributed by atoms with Crippen LogP contribution < -0.4 is 10.9 Å². The molecule has 6 heteroatoms. The van der Waals surface area contributed by atoms with Crippen molar-refractivity contribution in [3.63, 3.8) is 0 Å². The molecule has 4 aromatic rings. The lowest BCUT2D eigenvalue weighted by molar-refractivity contribution is 0.102. The van der Waals surface area contributed by atoms with Gasteiger partial charge in [-0.15, -0.1) is 0 Å². The maximum Gasteiger partial charge on any atom is 0.279 e. The second-order valence-electron chi connectivity index (χ2n) is 5.88. The standard InChI is InChI=1S/C21H14BrN3O2/c22-17-12-6-7-13-18(17)23-20(26)19-15-10-4-5-11-16(15)21(27)25(24-19)14-8-2-1-3-9-14/h1-13H,(H,23,26). The Bertz CT molecular complexity index is 1200. The predicted octanol–water partition coefficient (Wildman–Crippen LogP) is 4.40. The van der Waals surface area contributed by atoms with E-state index in [4.69, 9.17) is 0 Å². The maximum atomic E-state index is 13.0. The van der Waals surface area contributed by atoms with Crippen LogP contribution in [0.5, 0.6) is 0 Å². The van der Waals surface area contributed by atoms with Gasteiger partial charge < -0.3 is 5.32 Å². The number of anilines is 1. The second-order valence-corrected chi connectivity index (χ2v) is 6.74. The van der Waals surface area contributed by atoms with E-state index in [2.05, 4.69) is 26.3 Å². The smallest absolute Gasteiger partial charge is 0.279 e. The second kappa shape index (κ2) is 7.17. The molecule has 0 atom stereocenters. The maximum absolute atomic E-state index is 13.0. The van der Waals surface area contributed by atoms with Gasteiger partial charge in [-0.3, -0.25) is 9.59 Å². The zero-order valence-electron chi connectivity index (χ0n) is 14.1. The van der Waals surface area contributed by atoms with Crippen molar-refractivity contribution in [1.82, 2.24) is 9.78 Å². The summed E-state index contributed by atoms with van der Waals surface area (Å²) in [5.41, 5.74) is 1.15. The van der Waals surface area contributed by atoms with Crippen LogP contribution in [-0.2, 0) is 0 Å². The lowest BCUT2D eigenvalue weighted by atomic mass is 10.1. The lowest BCUT2D eigenvalue weighted by Gasteiger charge is -2.12. The number of aromatic nitrogens is 2. The number of benzene rings is 3. The molecular formula is C21H14BrN3O2. The van der Waals surface area contributed by atoms with Gasteiger partial charge in [-0.1, -0.05) is 48.5 Å². The van der Waals surface area contributed by atoms with Crippen LogP contribution in [0.2, 0.25) is 0 Å². The minimum atomic E-state index is -0.386. The summed E-state index contributed by atoms with van der Waals surface area (Å²) in [6.07, 6.45) is 0. The molecule has 1 amide bonds. The van der Waals surface area contributed by atoms with Crippen molar-refractivity contribution in [2.45, 2.75) is 0 Å². The topological polar surface area (TPSA) is 64.0 Å². The number of hydrogen-bond donors (Lipinski definition) is 1. The number of nitrogens with zero attached hydrogens (tertiary/aromatic N) is 2. The monoisotopic (exact) mass is 419 g/mol. The van der Waals surface area contributed by atoms with E-state index in [9.17, 15) is 9.59 Å². The highest BCUT2D eigenvalue weighted by molar-refractivity contribution is 9.10. The van der Waals surface area contributed by atoms with Gasteiger partial charge in [0.25, 0.3) is 11.5 Å². The third-order valence-corrected chi connectivity index (χ3v) is 4.83. The average Bonchev–Trinajstić information content (AvgIpc) is 2.71. The van der Waals surface area contributed by atoms with E-state index in [0.717, 1.165) is 4.47 Å². The van der Waals surface area contributed by atoms with Gasteiger partial charge in [-0.2, -0.15) is 9.78 Å². The van der Waals surface area contributed by atoms with E-state index in [1.807, 2.05) is 36.4 Å². The Morgan fingerprint density at radius 2 is 1.48 bits per heavy atom. The molecule has 1 heterocycles.